The Morgan fingerprint density at radius 1 is 1.06 bits per heavy atom. The van der Waals surface area contributed by atoms with Crippen LogP contribution in [0.1, 0.15) is 40.9 Å². The smallest absolute Gasteiger partial charge is 0.255 e. The zero-order valence-electron chi connectivity index (χ0n) is 17.1. The van der Waals surface area contributed by atoms with Gasteiger partial charge in [-0.1, -0.05) is 30.2 Å². The van der Waals surface area contributed by atoms with E-state index in [4.69, 9.17) is 16.0 Å². The summed E-state index contributed by atoms with van der Waals surface area (Å²) >= 11 is 6.20. The monoisotopic (exact) mass is 434 g/mol. The van der Waals surface area contributed by atoms with Crippen LogP contribution in [-0.2, 0) is 17.8 Å². The molecular weight excluding hydrogens is 412 g/mol. The van der Waals surface area contributed by atoms with Crippen LogP contribution >= 0.6 is 11.6 Å². The van der Waals surface area contributed by atoms with Crippen molar-refractivity contribution in [1.82, 2.24) is 4.90 Å². The minimum atomic E-state index is -0.0643. The summed E-state index contributed by atoms with van der Waals surface area (Å²) in [4.78, 5) is 26.8. The maximum absolute atomic E-state index is 12.9. The molecule has 2 amide bonds. The van der Waals surface area contributed by atoms with Crippen LogP contribution in [0.25, 0.3) is 11.3 Å². The first-order valence-electron chi connectivity index (χ1n) is 10.6. The van der Waals surface area contributed by atoms with E-state index < -0.39 is 0 Å². The molecule has 1 aliphatic carbocycles. The fourth-order valence-electron chi connectivity index (χ4n) is 4.09. The predicted molar refractivity (Wildman–Crippen MR) is 120 cm³/mol. The van der Waals surface area contributed by atoms with Gasteiger partial charge in [-0.25, -0.2) is 0 Å². The summed E-state index contributed by atoms with van der Waals surface area (Å²) in [6.07, 6.45) is 3.78. The van der Waals surface area contributed by atoms with Gasteiger partial charge in [0.05, 0.1) is 10.6 Å². The van der Waals surface area contributed by atoms with Gasteiger partial charge in [-0.15, -0.1) is 0 Å². The van der Waals surface area contributed by atoms with Gasteiger partial charge in [-0.3, -0.25) is 9.59 Å². The lowest BCUT2D eigenvalue weighted by Gasteiger charge is -2.26. The summed E-state index contributed by atoms with van der Waals surface area (Å²) in [5.74, 6) is 1.89. The molecule has 1 N–H and O–H groups in total. The van der Waals surface area contributed by atoms with Crippen molar-refractivity contribution in [2.24, 2.45) is 5.92 Å². The van der Waals surface area contributed by atoms with E-state index in [1.807, 2.05) is 47.4 Å². The molecule has 0 atom stereocenters. The second-order valence-electron chi connectivity index (χ2n) is 8.21. The molecule has 158 valence electrons. The van der Waals surface area contributed by atoms with Gasteiger partial charge in [0.1, 0.15) is 11.5 Å². The summed E-state index contributed by atoms with van der Waals surface area (Å²) in [7, 11) is 0. The lowest BCUT2D eigenvalue weighted by atomic mass is 9.85. The van der Waals surface area contributed by atoms with Crippen molar-refractivity contribution < 1.29 is 14.0 Å². The Bertz CT molecular complexity index is 1130. The Balaban J connectivity index is 1.29. The molecule has 0 spiro atoms. The maximum Gasteiger partial charge on any atom is 0.255 e. The number of nitrogens with zero attached hydrogens (tertiary/aromatic N) is 1. The highest BCUT2D eigenvalue weighted by molar-refractivity contribution is 6.33. The fraction of sp³-hybridized carbons (Fsp3) is 0.280. The minimum Gasteiger partial charge on any atom is -0.461 e. The average Bonchev–Trinajstić information content (AvgIpc) is 3.16. The second kappa shape index (κ2) is 8.23. The molecule has 5 nitrogen and oxygen atoms in total. The molecule has 0 bridgehead atoms. The molecule has 0 saturated heterocycles. The molecule has 0 unspecified atom stereocenters. The number of amides is 2. The molecule has 6 heteroatoms. The Hall–Kier alpha value is -3.05. The predicted octanol–water partition coefficient (Wildman–Crippen LogP) is 5.54. The van der Waals surface area contributed by atoms with Crippen molar-refractivity contribution in [3.05, 3.63) is 76.5 Å². The number of anilines is 1. The Morgan fingerprint density at radius 3 is 2.55 bits per heavy atom. The molecule has 2 aromatic carbocycles. The first-order chi connectivity index (χ1) is 15.1. The summed E-state index contributed by atoms with van der Waals surface area (Å²) in [5, 5.41) is 3.45. The molecule has 1 aliphatic heterocycles. The van der Waals surface area contributed by atoms with E-state index in [1.54, 1.807) is 12.1 Å². The second-order valence-corrected chi connectivity index (χ2v) is 8.62. The standard InChI is InChI=1S/C25H23ClN2O3/c26-21-7-2-1-6-20(21)25(30)28-13-12-22-18(15-28)14-23(31-22)16-8-10-19(11-9-16)27-24(29)17-4-3-5-17/h1-2,6-11,14,17H,3-5,12-13,15H2,(H,27,29). The van der Waals surface area contributed by atoms with Crippen LogP contribution in [0.2, 0.25) is 5.02 Å². The van der Waals surface area contributed by atoms with E-state index in [0.29, 0.717) is 30.1 Å². The number of carbonyl (C=O) groups excluding carboxylic acids is 2. The first kappa shape index (κ1) is 19.9. The van der Waals surface area contributed by atoms with Crippen molar-refractivity contribution in [2.75, 3.05) is 11.9 Å². The highest BCUT2D eigenvalue weighted by Gasteiger charge is 2.27. The number of halogens is 1. The van der Waals surface area contributed by atoms with Crippen molar-refractivity contribution in [1.29, 1.82) is 0 Å². The van der Waals surface area contributed by atoms with Gasteiger partial charge in [-0.05, 0) is 55.3 Å². The zero-order chi connectivity index (χ0) is 21.4. The van der Waals surface area contributed by atoms with E-state index in [-0.39, 0.29) is 17.7 Å². The Morgan fingerprint density at radius 2 is 1.84 bits per heavy atom. The third-order valence-corrected chi connectivity index (χ3v) is 6.50. The van der Waals surface area contributed by atoms with Gasteiger partial charge in [0.2, 0.25) is 5.91 Å². The molecule has 0 radical (unpaired) electrons. The Kier molecular flexibility index (Phi) is 5.28. The van der Waals surface area contributed by atoms with Crippen LogP contribution < -0.4 is 5.32 Å². The number of hydrogen-bond acceptors (Lipinski definition) is 3. The summed E-state index contributed by atoms with van der Waals surface area (Å²) in [6.45, 7) is 1.09. The van der Waals surface area contributed by atoms with Crippen LogP contribution in [0.3, 0.4) is 0 Å². The third-order valence-electron chi connectivity index (χ3n) is 6.17. The highest BCUT2D eigenvalue weighted by atomic mass is 35.5. The molecule has 3 aromatic rings. The van der Waals surface area contributed by atoms with E-state index in [2.05, 4.69) is 5.32 Å². The number of hydrogen-bond donors (Lipinski definition) is 1. The van der Waals surface area contributed by atoms with Crippen molar-refractivity contribution in [3.8, 4) is 11.3 Å². The van der Waals surface area contributed by atoms with Gasteiger partial charge in [0.15, 0.2) is 0 Å². The normalized spacial score (nSPS) is 15.8. The maximum atomic E-state index is 12.9. The van der Waals surface area contributed by atoms with E-state index in [0.717, 1.165) is 47.6 Å². The van der Waals surface area contributed by atoms with Gasteiger partial charge < -0.3 is 14.6 Å². The molecule has 31 heavy (non-hydrogen) atoms. The number of furan rings is 1. The average molecular weight is 435 g/mol. The van der Waals surface area contributed by atoms with Crippen LogP contribution in [0.4, 0.5) is 5.69 Å². The van der Waals surface area contributed by atoms with E-state index in [9.17, 15) is 9.59 Å². The van der Waals surface area contributed by atoms with Crippen molar-refractivity contribution in [2.45, 2.75) is 32.2 Å². The summed E-state index contributed by atoms with van der Waals surface area (Å²) in [5.41, 5.74) is 3.29. The van der Waals surface area contributed by atoms with Gasteiger partial charge in [0.25, 0.3) is 5.91 Å². The topological polar surface area (TPSA) is 62.6 Å². The molecule has 1 aromatic heterocycles. The molecule has 1 saturated carbocycles. The van der Waals surface area contributed by atoms with Crippen molar-refractivity contribution >= 4 is 29.1 Å². The van der Waals surface area contributed by atoms with E-state index in [1.165, 1.54) is 0 Å². The number of benzene rings is 2. The van der Waals surface area contributed by atoms with Gasteiger partial charge >= 0.3 is 0 Å². The van der Waals surface area contributed by atoms with Crippen LogP contribution in [-0.4, -0.2) is 23.3 Å². The number of carbonyl (C=O) groups is 2. The Labute approximate surface area is 186 Å². The third kappa shape index (κ3) is 3.98. The van der Waals surface area contributed by atoms with Crippen molar-refractivity contribution in [3.63, 3.8) is 0 Å². The lowest BCUT2D eigenvalue weighted by Crippen LogP contribution is -2.35. The van der Waals surface area contributed by atoms with Gasteiger partial charge in [-0.2, -0.15) is 0 Å². The molecular formula is C25H23ClN2O3. The number of nitrogens with one attached hydrogen (secondary N) is 1. The molecule has 2 aliphatic rings. The number of fused-ring (bicyclic) bond motifs is 1. The van der Waals surface area contributed by atoms with Crippen LogP contribution in [0.15, 0.2) is 59.0 Å². The zero-order valence-corrected chi connectivity index (χ0v) is 17.8. The summed E-state index contributed by atoms with van der Waals surface area (Å²) < 4.78 is 6.08. The first-order valence-corrected chi connectivity index (χ1v) is 11.0. The fourth-order valence-corrected chi connectivity index (χ4v) is 4.30. The molecule has 1 fully saturated rings. The van der Waals surface area contributed by atoms with Crippen LogP contribution in [0.5, 0.6) is 0 Å². The molecule has 2 heterocycles. The summed E-state index contributed by atoms with van der Waals surface area (Å²) in [6, 6.07) is 16.8. The van der Waals surface area contributed by atoms with E-state index >= 15 is 0 Å². The minimum absolute atomic E-state index is 0.0643. The number of rotatable bonds is 4. The van der Waals surface area contributed by atoms with Crippen LogP contribution in [0, 0.1) is 5.92 Å². The van der Waals surface area contributed by atoms with Gasteiger partial charge in [0, 0.05) is 42.2 Å². The largest absolute Gasteiger partial charge is 0.461 e. The molecule has 5 rings (SSSR count). The lowest BCUT2D eigenvalue weighted by molar-refractivity contribution is -0.122. The highest BCUT2D eigenvalue weighted by Crippen LogP contribution is 2.32. The SMILES string of the molecule is O=C(Nc1ccc(-c2cc3c(o2)CCN(C(=O)c2ccccc2Cl)C3)cc1)C1CCC1. The quantitative estimate of drug-likeness (QED) is 0.586.